The zero-order chi connectivity index (χ0) is 25.4. The van der Waals surface area contributed by atoms with Gasteiger partial charge in [0, 0.05) is 41.8 Å². The summed E-state index contributed by atoms with van der Waals surface area (Å²) in [7, 11) is 0. The molecule has 4 nitrogen and oxygen atoms in total. The van der Waals surface area contributed by atoms with Crippen molar-refractivity contribution in [2.75, 3.05) is 17.2 Å². The number of nitrogens with one attached hydrogen (secondary N) is 2. The van der Waals surface area contributed by atoms with E-state index in [1.807, 2.05) is 42.5 Å². The van der Waals surface area contributed by atoms with Crippen molar-refractivity contribution in [3.8, 4) is 0 Å². The zero-order valence-electron chi connectivity index (χ0n) is 20.1. The van der Waals surface area contributed by atoms with E-state index in [1.54, 1.807) is 6.20 Å². The maximum Gasteiger partial charge on any atom is 0.416 e. The Morgan fingerprint density at radius 3 is 2.19 bits per heavy atom. The number of hydrogen-bond acceptors (Lipinski definition) is 3. The molecule has 0 radical (unpaired) electrons. The van der Waals surface area contributed by atoms with Crippen molar-refractivity contribution in [2.45, 2.75) is 51.1 Å². The molecule has 1 aliphatic carbocycles. The molecule has 1 aromatic heterocycles. The fourth-order valence-corrected chi connectivity index (χ4v) is 4.45. The molecule has 2 aromatic carbocycles. The van der Waals surface area contributed by atoms with Crippen LogP contribution in [0.3, 0.4) is 0 Å². The van der Waals surface area contributed by atoms with Gasteiger partial charge in [-0.2, -0.15) is 13.2 Å². The van der Waals surface area contributed by atoms with Crippen molar-refractivity contribution in [3.05, 3.63) is 95.3 Å². The van der Waals surface area contributed by atoms with Crippen molar-refractivity contribution >= 4 is 22.9 Å². The molecule has 36 heavy (non-hydrogen) atoms. The smallest absolute Gasteiger partial charge is 0.385 e. The second-order valence-corrected chi connectivity index (χ2v) is 8.98. The molecule has 1 amide bonds. The molecule has 0 saturated carbocycles. The summed E-state index contributed by atoms with van der Waals surface area (Å²) < 4.78 is 39.1. The van der Waals surface area contributed by atoms with E-state index in [4.69, 9.17) is 0 Å². The van der Waals surface area contributed by atoms with Gasteiger partial charge in [-0.05, 0) is 85.4 Å². The van der Waals surface area contributed by atoms with Gasteiger partial charge in [0.25, 0.3) is 5.91 Å². The van der Waals surface area contributed by atoms with Gasteiger partial charge in [-0.15, -0.1) is 0 Å². The Hall–Kier alpha value is -3.61. The number of hydrogen-bond donors (Lipinski definition) is 2. The molecule has 2 N–H and O–H groups in total. The van der Waals surface area contributed by atoms with E-state index in [2.05, 4.69) is 15.6 Å². The standard InChI is InChI=1S/C29H30F3N3O/c30-29(31,32)22-12-10-21(11-13-22)26-8-3-1-2-4-9-27(26)28(36)35-25-16-14-24(15-17-25)34-20-18-23-7-5-6-19-33-23/h5-7,10-17,19,34H,1-4,8-9,18,20H2,(H,35,36). The van der Waals surface area contributed by atoms with Crippen molar-refractivity contribution in [3.63, 3.8) is 0 Å². The first-order valence-corrected chi connectivity index (χ1v) is 12.3. The topological polar surface area (TPSA) is 54.0 Å². The SMILES string of the molecule is O=C(Nc1ccc(NCCc2ccccn2)cc1)C1=C(c2ccc(C(F)(F)F)cc2)CCCCCC1. The Balaban J connectivity index is 1.45. The van der Waals surface area contributed by atoms with Gasteiger partial charge in [0.15, 0.2) is 0 Å². The lowest BCUT2D eigenvalue weighted by Gasteiger charge is -2.19. The molecular weight excluding hydrogens is 463 g/mol. The van der Waals surface area contributed by atoms with Gasteiger partial charge < -0.3 is 10.6 Å². The third-order valence-electron chi connectivity index (χ3n) is 6.38. The molecule has 0 atom stereocenters. The van der Waals surface area contributed by atoms with Gasteiger partial charge in [-0.25, -0.2) is 0 Å². The third kappa shape index (κ3) is 6.97. The van der Waals surface area contributed by atoms with Crippen LogP contribution in [-0.4, -0.2) is 17.4 Å². The molecule has 7 heteroatoms. The maximum atomic E-state index is 13.3. The first-order chi connectivity index (χ1) is 17.4. The number of pyridine rings is 1. The predicted octanol–water partition coefficient (Wildman–Crippen LogP) is 7.50. The Kier molecular flexibility index (Phi) is 8.41. The minimum Gasteiger partial charge on any atom is -0.385 e. The molecule has 0 spiro atoms. The Bertz CT molecular complexity index is 1170. The largest absolute Gasteiger partial charge is 0.416 e. The van der Waals surface area contributed by atoms with Crippen molar-refractivity contribution < 1.29 is 18.0 Å². The van der Waals surface area contributed by atoms with Crippen LogP contribution in [0, 0.1) is 0 Å². The van der Waals surface area contributed by atoms with Crippen LogP contribution < -0.4 is 10.6 Å². The van der Waals surface area contributed by atoms with Gasteiger partial charge in [0.2, 0.25) is 0 Å². The number of benzene rings is 2. The molecule has 3 aromatic rings. The number of carbonyl (C=O) groups is 1. The number of anilines is 2. The zero-order valence-corrected chi connectivity index (χ0v) is 20.1. The average Bonchev–Trinajstić information content (AvgIpc) is 2.85. The van der Waals surface area contributed by atoms with Crippen LogP contribution >= 0.6 is 0 Å². The summed E-state index contributed by atoms with van der Waals surface area (Å²) in [6, 6.07) is 18.5. The fourth-order valence-electron chi connectivity index (χ4n) is 4.45. The van der Waals surface area contributed by atoms with Crippen LogP contribution in [-0.2, 0) is 17.4 Å². The normalized spacial score (nSPS) is 14.6. The second kappa shape index (κ2) is 11.9. The first-order valence-electron chi connectivity index (χ1n) is 12.3. The summed E-state index contributed by atoms with van der Waals surface area (Å²) in [5.41, 5.74) is 4.14. The van der Waals surface area contributed by atoms with Gasteiger partial charge in [0.1, 0.15) is 0 Å². The average molecular weight is 494 g/mol. The molecule has 0 aliphatic heterocycles. The van der Waals surface area contributed by atoms with Crippen molar-refractivity contribution in [2.24, 2.45) is 0 Å². The summed E-state index contributed by atoms with van der Waals surface area (Å²) in [6.45, 7) is 0.742. The Morgan fingerprint density at radius 1 is 0.833 bits per heavy atom. The number of amides is 1. The van der Waals surface area contributed by atoms with Gasteiger partial charge >= 0.3 is 6.18 Å². The second-order valence-electron chi connectivity index (χ2n) is 8.98. The van der Waals surface area contributed by atoms with Crippen LogP contribution in [0.25, 0.3) is 5.57 Å². The number of rotatable bonds is 7. The highest BCUT2D eigenvalue weighted by atomic mass is 19.4. The Morgan fingerprint density at radius 2 is 1.53 bits per heavy atom. The van der Waals surface area contributed by atoms with Crippen LogP contribution in [0.15, 0.2) is 78.5 Å². The summed E-state index contributed by atoms with van der Waals surface area (Å²) in [4.78, 5) is 17.6. The lowest BCUT2D eigenvalue weighted by molar-refractivity contribution is -0.137. The monoisotopic (exact) mass is 493 g/mol. The maximum absolute atomic E-state index is 13.3. The number of carbonyl (C=O) groups excluding carboxylic acids is 1. The van der Waals surface area contributed by atoms with E-state index in [1.165, 1.54) is 12.1 Å². The van der Waals surface area contributed by atoms with Crippen LogP contribution in [0.1, 0.15) is 55.3 Å². The van der Waals surface area contributed by atoms with Crippen LogP contribution in [0.5, 0.6) is 0 Å². The van der Waals surface area contributed by atoms with E-state index in [0.29, 0.717) is 29.7 Å². The van der Waals surface area contributed by atoms with E-state index >= 15 is 0 Å². The van der Waals surface area contributed by atoms with E-state index in [-0.39, 0.29) is 5.91 Å². The number of halogens is 3. The summed E-state index contributed by atoms with van der Waals surface area (Å²) in [5.74, 6) is -0.192. The molecule has 0 fully saturated rings. The van der Waals surface area contributed by atoms with E-state index in [0.717, 1.165) is 67.7 Å². The predicted molar refractivity (Wildman–Crippen MR) is 138 cm³/mol. The first kappa shape index (κ1) is 25.5. The number of alkyl halides is 3. The van der Waals surface area contributed by atoms with Crippen molar-refractivity contribution in [1.82, 2.24) is 4.98 Å². The number of aromatic nitrogens is 1. The van der Waals surface area contributed by atoms with Crippen LogP contribution in [0.4, 0.5) is 24.5 Å². The number of allylic oxidation sites excluding steroid dienone is 1. The molecule has 1 aliphatic rings. The summed E-state index contributed by atoms with van der Waals surface area (Å²) >= 11 is 0. The summed E-state index contributed by atoms with van der Waals surface area (Å²) in [5, 5.41) is 6.34. The molecule has 1 heterocycles. The lowest BCUT2D eigenvalue weighted by Crippen LogP contribution is -2.17. The van der Waals surface area contributed by atoms with Crippen molar-refractivity contribution in [1.29, 1.82) is 0 Å². The fraction of sp³-hybridized carbons (Fsp3) is 0.310. The minimum absolute atomic E-state index is 0.192. The lowest BCUT2D eigenvalue weighted by atomic mass is 9.88. The third-order valence-corrected chi connectivity index (χ3v) is 6.38. The molecule has 0 saturated heterocycles. The quantitative estimate of drug-likeness (QED) is 0.358. The highest BCUT2D eigenvalue weighted by Gasteiger charge is 2.30. The molecule has 0 unspecified atom stereocenters. The summed E-state index contributed by atoms with van der Waals surface area (Å²) in [6.07, 6.45) is 3.36. The molecule has 0 bridgehead atoms. The van der Waals surface area contributed by atoms with Crippen LogP contribution in [0.2, 0.25) is 0 Å². The van der Waals surface area contributed by atoms with Gasteiger partial charge in [0.05, 0.1) is 5.56 Å². The molecular formula is C29H30F3N3O. The molecule has 188 valence electrons. The highest BCUT2D eigenvalue weighted by Crippen LogP contribution is 2.34. The van der Waals surface area contributed by atoms with E-state index < -0.39 is 11.7 Å². The van der Waals surface area contributed by atoms with Gasteiger partial charge in [-0.1, -0.05) is 31.0 Å². The number of nitrogens with zero attached hydrogens (tertiary/aromatic N) is 1. The van der Waals surface area contributed by atoms with E-state index in [9.17, 15) is 18.0 Å². The van der Waals surface area contributed by atoms with Gasteiger partial charge in [-0.3, -0.25) is 9.78 Å². The highest BCUT2D eigenvalue weighted by molar-refractivity contribution is 6.09. The molecule has 4 rings (SSSR count). The minimum atomic E-state index is -4.38. The Labute approximate surface area is 209 Å².